The summed E-state index contributed by atoms with van der Waals surface area (Å²) in [4.78, 5) is 11.9. The highest BCUT2D eigenvalue weighted by Gasteiger charge is 2.36. The van der Waals surface area contributed by atoms with E-state index in [-0.39, 0.29) is 0 Å². The van der Waals surface area contributed by atoms with Gasteiger partial charge in [0.2, 0.25) is 0 Å². The molecule has 3 heteroatoms. The van der Waals surface area contributed by atoms with Gasteiger partial charge in [-0.25, -0.2) is 0 Å². The summed E-state index contributed by atoms with van der Waals surface area (Å²) in [6, 6.07) is 0. The van der Waals surface area contributed by atoms with Crippen LogP contribution in [0, 0.1) is 29.6 Å². The number of carboxylic acids is 1. The summed E-state index contributed by atoms with van der Waals surface area (Å²) < 4.78 is 0. The van der Waals surface area contributed by atoms with Gasteiger partial charge in [-0.3, -0.25) is 4.79 Å². The van der Waals surface area contributed by atoms with Gasteiger partial charge in [0, 0.05) is 0 Å². The van der Waals surface area contributed by atoms with Crippen LogP contribution in [0.5, 0.6) is 0 Å². The molecule has 2 fully saturated rings. The van der Waals surface area contributed by atoms with Gasteiger partial charge in [0.25, 0.3) is 0 Å². The van der Waals surface area contributed by atoms with Crippen molar-refractivity contribution in [2.75, 3.05) is 0 Å². The molecule has 2 N–H and O–H groups in total. The van der Waals surface area contributed by atoms with E-state index in [4.69, 9.17) is 0 Å². The van der Waals surface area contributed by atoms with Gasteiger partial charge in [0.05, 0.1) is 12.0 Å². The average molecular weight is 1170 g/mol. The number of hydrogen-bond donors (Lipinski definition) is 2. The van der Waals surface area contributed by atoms with Crippen molar-refractivity contribution in [1.82, 2.24) is 0 Å². The lowest BCUT2D eigenvalue weighted by Gasteiger charge is -2.19. The smallest absolute Gasteiger partial charge is 0.309 e. The Morgan fingerprint density at radius 1 is 0.253 bits per heavy atom. The van der Waals surface area contributed by atoms with Gasteiger partial charge in [0.15, 0.2) is 0 Å². The fraction of sp³-hybridized carbons (Fsp3) is 0.988. The Bertz CT molecular complexity index is 1260. The highest BCUT2D eigenvalue weighted by atomic mass is 16.4. The molecule has 0 aromatic carbocycles. The maximum Gasteiger partial charge on any atom is 0.309 e. The van der Waals surface area contributed by atoms with E-state index in [9.17, 15) is 15.0 Å². The number of aliphatic hydroxyl groups excluding tert-OH is 1. The van der Waals surface area contributed by atoms with Crippen LogP contribution in [0.2, 0.25) is 0 Å². The highest BCUT2D eigenvalue weighted by Crippen LogP contribution is 2.47. The maximum atomic E-state index is 11.9. The Balaban J connectivity index is 1.18. The molecular formula is C80H156O3. The Morgan fingerprint density at radius 3 is 0.590 bits per heavy atom. The topological polar surface area (TPSA) is 57.5 Å². The molecule has 0 aromatic rings. The van der Waals surface area contributed by atoms with Gasteiger partial charge in [-0.05, 0) is 49.4 Å². The normalized spacial score (nSPS) is 17.4. The minimum absolute atomic E-state index is 0.580. The number of carbonyl (C=O) groups is 1. The summed E-state index contributed by atoms with van der Waals surface area (Å²) in [5.41, 5.74) is 0. The van der Waals surface area contributed by atoms with Gasteiger partial charge in [-0.15, -0.1) is 0 Å². The first-order valence-electron chi connectivity index (χ1n) is 40.0. The van der Waals surface area contributed by atoms with Crippen LogP contribution < -0.4 is 0 Å². The van der Waals surface area contributed by atoms with Crippen molar-refractivity contribution in [2.24, 2.45) is 29.6 Å². The molecule has 0 bridgehead atoms. The number of unbranched alkanes of at least 4 members (excludes halogenated alkanes) is 59. The Hall–Kier alpha value is -0.570. The lowest BCUT2D eigenvalue weighted by Crippen LogP contribution is -2.28. The molecule has 2 aliphatic carbocycles. The summed E-state index contributed by atoms with van der Waals surface area (Å²) in [7, 11) is 0. The Morgan fingerprint density at radius 2 is 0.410 bits per heavy atom. The minimum Gasteiger partial charge on any atom is -0.481 e. The Labute approximate surface area is 523 Å². The van der Waals surface area contributed by atoms with Gasteiger partial charge in [-0.1, -0.05) is 444 Å². The first kappa shape index (κ1) is 78.5. The highest BCUT2D eigenvalue weighted by molar-refractivity contribution is 5.70. The zero-order valence-corrected chi connectivity index (χ0v) is 57.5. The summed E-state index contributed by atoms with van der Waals surface area (Å²) >= 11 is 0. The van der Waals surface area contributed by atoms with Gasteiger partial charge in [0.1, 0.15) is 0 Å². The standard InChI is InChI=1S/C80H156O3/c1-3-5-7-9-11-13-15-17-19-21-22-23-24-28-32-40-46-52-58-64-70-78(80(82)83)79(81)71-65-59-53-47-41-33-29-25-27-31-37-43-49-55-61-67-75-73-77(75)69-63-57-51-45-39-35-34-38-44-50-56-62-68-76-72-74(76)66-60-54-48-42-36-30-26-20-18-16-14-12-10-8-6-4-2/h74-79,81H,3-73H2,1-2H3,(H,82,83)/t74-,75-,76-,77-,78-,79+/m0/s1. The zero-order valence-electron chi connectivity index (χ0n) is 57.5. The molecule has 2 saturated carbocycles. The molecule has 2 rings (SSSR count). The van der Waals surface area contributed by atoms with Crippen LogP contribution in [0.4, 0.5) is 0 Å². The van der Waals surface area contributed by atoms with Crippen molar-refractivity contribution in [2.45, 2.75) is 476 Å². The molecule has 2 aliphatic rings. The van der Waals surface area contributed by atoms with Crippen LogP contribution in [0.25, 0.3) is 0 Å². The van der Waals surface area contributed by atoms with Crippen molar-refractivity contribution >= 4 is 5.97 Å². The van der Waals surface area contributed by atoms with Crippen LogP contribution in [0.1, 0.15) is 470 Å². The third-order valence-electron chi connectivity index (χ3n) is 21.2. The first-order chi connectivity index (χ1) is 41.1. The van der Waals surface area contributed by atoms with E-state index < -0.39 is 18.0 Å². The molecule has 0 unspecified atom stereocenters. The van der Waals surface area contributed by atoms with Crippen LogP contribution in [0.3, 0.4) is 0 Å². The van der Waals surface area contributed by atoms with Gasteiger partial charge < -0.3 is 10.2 Å². The molecule has 494 valence electrons. The number of rotatable bonds is 73. The first-order valence-corrected chi connectivity index (χ1v) is 40.0. The van der Waals surface area contributed by atoms with Crippen LogP contribution in [-0.2, 0) is 4.79 Å². The quantitative estimate of drug-likeness (QED) is 0.0597. The summed E-state index contributed by atoms with van der Waals surface area (Å²) in [5.74, 6) is 3.05. The fourth-order valence-electron chi connectivity index (χ4n) is 14.9. The van der Waals surface area contributed by atoms with Crippen molar-refractivity contribution in [1.29, 1.82) is 0 Å². The van der Waals surface area contributed by atoms with Crippen molar-refractivity contribution in [3.8, 4) is 0 Å². The van der Waals surface area contributed by atoms with Crippen LogP contribution in [0.15, 0.2) is 0 Å². The fourth-order valence-corrected chi connectivity index (χ4v) is 14.9. The zero-order chi connectivity index (χ0) is 59.2. The van der Waals surface area contributed by atoms with Crippen LogP contribution in [-0.4, -0.2) is 22.3 Å². The van der Waals surface area contributed by atoms with Gasteiger partial charge in [-0.2, -0.15) is 0 Å². The van der Waals surface area contributed by atoms with E-state index in [0.717, 1.165) is 49.4 Å². The SMILES string of the molecule is CCCCCCCCCCCCCCCCCCCCCC[C@H](C(=O)O)[C@H](O)CCCCCCCCCCCCCCCCC[C@H]1C[C@@H]1CCCCCCCCCCCCCC[C@H]1C[C@@H]1CCCCCCCCCCCCCCCCCC. The molecular weight excluding hydrogens is 1010 g/mol. The van der Waals surface area contributed by atoms with Crippen molar-refractivity contribution in [3.63, 3.8) is 0 Å². The van der Waals surface area contributed by atoms with Crippen molar-refractivity contribution < 1.29 is 15.0 Å². The summed E-state index contributed by atoms with van der Waals surface area (Å²) in [5, 5.41) is 20.5. The second-order valence-electron chi connectivity index (χ2n) is 29.3. The molecule has 0 aromatic heterocycles. The average Bonchev–Trinajstić information content (AvgIpc) is 4.56. The largest absolute Gasteiger partial charge is 0.481 e. The van der Waals surface area contributed by atoms with E-state index in [0.29, 0.717) is 12.8 Å². The molecule has 0 aliphatic heterocycles. The molecule has 0 heterocycles. The summed E-state index contributed by atoms with van der Waals surface area (Å²) in [6.07, 6.45) is 99.0. The summed E-state index contributed by atoms with van der Waals surface area (Å²) in [6.45, 7) is 4.61. The molecule has 0 radical (unpaired) electrons. The molecule has 0 saturated heterocycles. The molecule has 0 spiro atoms. The van der Waals surface area contributed by atoms with Gasteiger partial charge >= 0.3 is 5.97 Å². The molecule has 6 atom stereocenters. The lowest BCUT2D eigenvalue weighted by molar-refractivity contribution is -0.146. The number of aliphatic hydroxyl groups is 1. The lowest BCUT2D eigenvalue weighted by atomic mass is 9.91. The number of hydrogen-bond acceptors (Lipinski definition) is 2. The van der Waals surface area contributed by atoms with Crippen molar-refractivity contribution in [3.05, 3.63) is 0 Å². The van der Waals surface area contributed by atoms with E-state index in [1.807, 2.05) is 0 Å². The maximum absolute atomic E-state index is 11.9. The third-order valence-corrected chi connectivity index (χ3v) is 21.2. The third kappa shape index (κ3) is 55.2. The predicted molar refractivity (Wildman–Crippen MR) is 370 cm³/mol. The monoisotopic (exact) mass is 1170 g/mol. The van der Waals surface area contributed by atoms with E-state index in [2.05, 4.69) is 13.8 Å². The Kier molecular flexibility index (Phi) is 59.6. The predicted octanol–water partition coefficient (Wildman–Crippen LogP) is 28.3. The van der Waals surface area contributed by atoms with E-state index >= 15 is 0 Å². The molecule has 3 nitrogen and oxygen atoms in total. The second-order valence-corrected chi connectivity index (χ2v) is 29.3. The van der Waals surface area contributed by atoms with E-state index in [1.54, 1.807) is 25.7 Å². The molecule has 83 heavy (non-hydrogen) atoms. The number of carboxylic acid groups (broad SMARTS) is 1. The molecule has 0 amide bonds. The van der Waals surface area contributed by atoms with E-state index in [1.165, 1.54) is 392 Å². The second kappa shape index (κ2) is 63.0. The van der Waals surface area contributed by atoms with Crippen LogP contribution >= 0.6 is 0 Å². The number of aliphatic carboxylic acids is 1. The minimum atomic E-state index is -0.797.